The van der Waals surface area contributed by atoms with Crippen molar-refractivity contribution in [3.05, 3.63) is 60.9 Å². The summed E-state index contributed by atoms with van der Waals surface area (Å²) in [5.74, 6) is 1.54. The van der Waals surface area contributed by atoms with Crippen molar-refractivity contribution in [2.45, 2.75) is 0 Å². The molecular weight excluding hydrogens is 320 g/mol. The number of benzene rings is 2. The summed E-state index contributed by atoms with van der Waals surface area (Å²) in [6, 6.07) is 15.6. The summed E-state index contributed by atoms with van der Waals surface area (Å²) in [6.45, 7) is 0. The number of oxazole rings is 2. The molecular formula is C18H10N4O3. The molecule has 0 aliphatic carbocycles. The summed E-state index contributed by atoms with van der Waals surface area (Å²) < 4.78 is 20.7. The van der Waals surface area contributed by atoms with Crippen LogP contribution in [0.2, 0.25) is 0 Å². The van der Waals surface area contributed by atoms with Crippen molar-refractivity contribution in [3.8, 4) is 11.9 Å². The molecule has 0 aliphatic heterocycles. The molecule has 0 unspecified atom stereocenters. The highest BCUT2D eigenvalue weighted by Crippen LogP contribution is 2.29. The first-order chi connectivity index (χ1) is 12.3. The van der Waals surface area contributed by atoms with E-state index in [-0.39, 0.29) is 0 Å². The van der Waals surface area contributed by atoms with E-state index < -0.39 is 0 Å². The predicted molar refractivity (Wildman–Crippen MR) is 90.0 cm³/mol. The summed E-state index contributed by atoms with van der Waals surface area (Å²) >= 11 is 0. The van der Waals surface area contributed by atoms with E-state index in [9.17, 15) is 0 Å². The Hall–Kier alpha value is -3.74. The van der Waals surface area contributed by atoms with E-state index in [1.807, 2.05) is 57.3 Å². The van der Waals surface area contributed by atoms with Crippen LogP contribution in [0.25, 0.3) is 33.8 Å². The van der Waals surface area contributed by atoms with Gasteiger partial charge in [-0.2, -0.15) is 9.97 Å². The van der Waals surface area contributed by atoms with Gasteiger partial charge in [-0.05, 0) is 24.3 Å². The highest BCUT2D eigenvalue weighted by Gasteiger charge is 2.15. The highest BCUT2D eigenvalue weighted by atomic mass is 16.7. The largest absolute Gasteiger partial charge is 0.390 e. The Morgan fingerprint density at radius 2 is 1.16 bits per heavy atom. The van der Waals surface area contributed by atoms with Gasteiger partial charge in [0.2, 0.25) is 0 Å². The second-order valence-corrected chi connectivity index (χ2v) is 5.71. The zero-order valence-electron chi connectivity index (χ0n) is 12.8. The lowest BCUT2D eigenvalue weighted by molar-refractivity contribution is 0.293. The molecule has 0 N–H and O–H groups in total. The molecule has 0 spiro atoms. The highest BCUT2D eigenvalue weighted by molar-refractivity contribution is 5.80. The van der Waals surface area contributed by atoms with E-state index in [1.165, 1.54) is 0 Å². The number of nitrogens with zero attached hydrogens (tertiary/aromatic N) is 4. The summed E-state index contributed by atoms with van der Waals surface area (Å²) in [7, 11) is 0. The summed E-state index contributed by atoms with van der Waals surface area (Å²) in [6.07, 6.45) is 3.49. The maximum Gasteiger partial charge on any atom is 0.312 e. The zero-order chi connectivity index (χ0) is 16.4. The molecule has 0 atom stereocenters. The van der Waals surface area contributed by atoms with E-state index in [0.717, 1.165) is 22.1 Å². The van der Waals surface area contributed by atoms with Crippen LogP contribution in [0.3, 0.4) is 0 Å². The molecule has 2 aromatic carbocycles. The number of ether oxygens (including phenoxy) is 1. The molecule has 0 bridgehead atoms. The van der Waals surface area contributed by atoms with Crippen LogP contribution in [0.1, 0.15) is 0 Å². The van der Waals surface area contributed by atoms with Crippen LogP contribution >= 0.6 is 0 Å². The van der Waals surface area contributed by atoms with Crippen LogP contribution in [-0.2, 0) is 0 Å². The third-order valence-corrected chi connectivity index (χ3v) is 4.18. The third kappa shape index (κ3) is 1.74. The molecule has 0 saturated carbocycles. The van der Waals surface area contributed by atoms with Crippen molar-refractivity contribution in [2.24, 2.45) is 0 Å². The summed E-state index contributed by atoms with van der Waals surface area (Å²) in [5.41, 5.74) is 3.65. The van der Waals surface area contributed by atoms with Crippen molar-refractivity contribution in [1.82, 2.24) is 18.8 Å². The van der Waals surface area contributed by atoms with E-state index in [1.54, 1.807) is 12.4 Å². The van der Waals surface area contributed by atoms with Gasteiger partial charge in [0.1, 0.15) is 0 Å². The lowest BCUT2D eigenvalue weighted by Crippen LogP contribution is -1.81. The zero-order valence-corrected chi connectivity index (χ0v) is 12.8. The monoisotopic (exact) mass is 330 g/mol. The molecule has 4 aromatic heterocycles. The van der Waals surface area contributed by atoms with Gasteiger partial charge in [0, 0.05) is 0 Å². The number of imidazole rings is 2. The van der Waals surface area contributed by atoms with Gasteiger partial charge in [0.15, 0.2) is 0 Å². The Balaban J connectivity index is 1.43. The minimum atomic E-state index is 0.301. The molecule has 0 amide bonds. The molecule has 0 aliphatic rings. The minimum Gasteiger partial charge on any atom is -0.390 e. The Kier molecular flexibility index (Phi) is 2.23. The van der Waals surface area contributed by atoms with Gasteiger partial charge in [0.05, 0.1) is 34.5 Å². The van der Waals surface area contributed by atoms with Crippen LogP contribution in [0.4, 0.5) is 0 Å². The molecule has 4 heterocycles. The van der Waals surface area contributed by atoms with Gasteiger partial charge in [-0.1, -0.05) is 24.3 Å². The number of rotatable bonds is 2. The third-order valence-electron chi connectivity index (χ3n) is 4.18. The van der Waals surface area contributed by atoms with Crippen LogP contribution in [0, 0.1) is 0 Å². The van der Waals surface area contributed by atoms with E-state index in [0.29, 0.717) is 23.6 Å². The Morgan fingerprint density at radius 3 is 1.68 bits per heavy atom. The lowest BCUT2D eigenvalue weighted by atomic mass is 10.3. The van der Waals surface area contributed by atoms with Gasteiger partial charge in [0.25, 0.3) is 0 Å². The molecule has 25 heavy (non-hydrogen) atoms. The molecule has 0 fully saturated rings. The predicted octanol–water partition coefficient (Wildman–Crippen LogP) is 4.27. The number of hydrogen-bond donors (Lipinski definition) is 0. The molecule has 6 rings (SSSR count). The van der Waals surface area contributed by atoms with Crippen molar-refractivity contribution in [1.29, 1.82) is 0 Å². The summed E-state index contributed by atoms with van der Waals surface area (Å²) in [5, 5.41) is 0. The average Bonchev–Trinajstić information content (AvgIpc) is 3.33. The van der Waals surface area contributed by atoms with Crippen molar-refractivity contribution in [2.75, 3.05) is 0 Å². The second-order valence-electron chi connectivity index (χ2n) is 5.71. The molecule has 6 aromatic rings. The first kappa shape index (κ1) is 12.7. The van der Waals surface area contributed by atoms with E-state index >= 15 is 0 Å². The number of fused-ring (bicyclic) bond motifs is 6. The number of para-hydroxylation sites is 4. The average molecular weight is 330 g/mol. The SMILES string of the molecule is c1ccc2c(c1)nc1oc(Oc3cn4c(nc5ccccc54)o3)cn12. The second kappa shape index (κ2) is 4.41. The number of hydrogen-bond acceptors (Lipinski definition) is 5. The maximum absolute atomic E-state index is 5.71. The lowest BCUT2D eigenvalue weighted by Gasteiger charge is -1.94. The normalized spacial score (nSPS) is 12.0. The molecule has 7 heteroatoms. The van der Waals surface area contributed by atoms with Crippen LogP contribution in [-0.4, -0.2) is 18.8 Å². The van der Waals surface area contributed by atoms with Gasteiger partial charge < -0.3 is 13.6 Å². The summed E-state index contributed by atoms with van der Waals surface area (Å²) in [4.78, 5) is 8.84. The molecule has 120 valence electrons. The van der Waals surface area contributed by atoms with E-state index in [4.69, 9.17) is 13.6 Å². The topological polar surface area (TPSA) is 70.1 Å². The molecule has 0 saturated heterocycles. The molecule has 0 radical (unpaired) electrons. The van der Waals surface area contributed by atoms with Gasteiger partial charge in [-0.3, -0.25) is 8.80 Å². The van der Waals surface area contributed by atoms with Gasteiger partial charge in [-0.25, -0.2) is 0 Å². The standard InChI is InChI=1S/C18H10N4O3/c1-3-7-13-11(5-1)19-17-21(13)9-15(24-17)23-16-10-22-14-8-4-2-6-12(14)20-18(22)25-16/h1-10H. The van der Waals surface area contributed by atoms with Crippen LogP contribution in [0.5, 0.6) is 11.9 Å². The van der Waals surface area contributed by atoms with Gasteiger partial charge in [-0.15, -0.1) is 0 Å². The first-order valence-corrected chi connectivity index (χ1v) is 7.76. The fraction of sp³-hybridized carbons (Fsp3) is 0. The first-order valence-electron chi connectivity index (χ1n) is 7.76. The fourth-order valence-corrected chi connectivity index (χ4v) is 3.08. The van der Waals surface area contributed by atoms with Crippen molar-refractivity contribution >= 4 is 33.8 Å². The maximum atomic E-state index is 5.71. The Labute approximate surface area is 139 Å². The van der Waals surface area contributed by atoms with Crippen LogP contribution in [0.15, 0.2) is 69.8 Å². The van der Waals surface area contributed by atoms with Crippen molar-refractivity contribution in [3.63, 3.8) is 0 Å². The Bertz CT molecular complexity index is 1280. The fourth-order valence-electron chi connectivity index (χ4n) is 3.08. The quantitative estimate of drug-likeness (QED) is 0.474. The van der Waals surface area contributed by atoms with E-state index in [2.05, 4.69) is 9.97 Å². The number of aromatic nitrogens is 4. The Morgan fingerprint density at radius 1 is 0.680 bits per heavy atom. The minimum absolute atomic E-state index is 0.301. The van der Waals surface area contributed by atoms with Crippen molar-refractivity contribution < 1.29 is 13.6 Å². The smallest absolute Gasteiger partial charge is 0.312 e. The van der Waals surface area contributed by atoms with Crippen LogP contribution < -0.4 is 4.74 Å². The molecule has 7 nitrogen and oxygen atoms in total. The van der Waals surface area contributed by atoms with Gasteiger partial charge >= 0.3 is 23.6 Å².